The van der Waals surface area contributed by atoms with Gasteiger partial charge in [0.25, 0.3) is 0 Å². The Bertz CT molecular complexity index is 349. The summed E-state index contributed by atoms with van der Waals surface area (Å²) in [6.45, 7) is 4.90. The quantitative estimate of drug-likeness (QED) is 0.552. The molecule has 1 aliphatic rings. The lowest BCUT2D eigenvalue weighted by molar-refractivity contribution is -0.151. The van der Waals surface area contributed by atoms with Crippen LogP contribution in [0.1, 0.15) is 39.5 Å². The Morgan fingerprint density at radius 3 is 2.65 bits per heavy atom. The molecule has 116 valence electrons. The molecule has 3 atom stereocenters. The molecule has 0 heterocycles. The molecular formula is C14H27N3O3. The van der Waals surface area contributed by atoms with E-state index in [1.165, 1.54) is 0 Å². The molecule has 0 aromatic carbocycles. The first-order valence-corrected chi connectivity index (χ1v) is 7.37. The van der Waals surface area contributed by atoms with Gasteiger partial charge >= 0.3 is 5.97 Å². The van der Waals surface area contributed by atoms with Crippen molar-refractivity contribution < 1.29 is 14.3 Å². The van der Waals surface area contributed by atoms with Crippen molar-refractivity contribution in [2.24, 2.45) is 11.7 Å². The Morgan fingerprint density at radius 1 is 1.45 bits per heavy atom. The number of carbonyl (C=O) groups is 2. The maximum Gasteiger partial charge on any atom is 0.326 e. The van der Waals surface area contributed by atoms with Gasteiger partial charge in [-0.05, 0) is 52.1 Å². The van der Waals surface area contributed by atoms with Crippen molar-refractivity contribution in [3.8, 4) is 0 Å². The first-order valence-electron chi connectivity index (χ1n) is 7.37. The fourth-order valence-corrected chi connectivity index (χ4v) is 3.08. The molecule has 1 amide bonds. The Morgan fingerprint density at radius 2 is 2.15 bits per heavy atom. The molecule has 4 N–H and O–H groups in total. The van der Waals surface area contributed by atoms with Crippen LogP contribution in [0.5, 0.6) is 0 Å². The Kier molecular flexibility index (Phi) is 6.42. The van der Waals surface area contributed by atoms with Gasteiger partial charge in [0.05, 0.1) is 12.6 Å². The lowest BCUT2D eigenvalue weighted by Gasteiger charge is -2.28. The highest BCUT2D eigenvalue weighted by molar-refractivity contribution is 5.82. The first kappa shape index (κ1) is 16.9. The third-order valence-corrected chi connectivity index (χ3v) is 4.06. The molecule has 0 radical (unpaired) electrons. The number of nitrogens with two attached hydrogens (primary N) is 1. The van der Waals surface area contributed by atoms with Gasteiger partial charge in [0.2, 0.25) is 5.91 Å². The van der Waals surface area contributed by atoms with Gasteiger partial charge in [-0.2, -0.15) is 0 Å². The number of hydrogen-bond donors (Lipinski definition) is 3. The van der Waals surface area contributed by atoms with Crippen LogP contribution in [0.4, 0.5) is 0 Å². The molecule has 0 aliphatic heterocycles. The molecule has 6 nitrogen and oxygen atoms in total. The number of rotatable bonds is 8. The summed E-state index contributed by atoms with van der Waals surface area (Å²) in [4.78, 5) is 23.5. The van der Waals surface area contributed by atoms with Crippen molar-refractivity contribution in [3.05, 3.63) is 0 Å². The summed E-state index contributed by atoms with van der Waals surface area (Å²) in [6, 6.07) is -0.334. The summed E-state index contributed by atoms with van der Waals surface area (Å²) >= 11 is 0. The van der Waals surface area contributed by atoms with Crippen LogP contribution >= 0.6 is 0 Å². The van der Waals surface area contributed by atoms with Crippen molar-refractivity contribution in [3.63, 3.8) is 0 Å². The van der Waals surface area contributed by atoms with Crippen LogP contribution in [-0.4, -0.2) is 43.7 Å². The predicted octanol–water partition coefficient (Wildman–Crippen LogP) is 0.161. The summed E-state index contributed by atoms with van der Waals surface area (Å²) in [7, 11) is 1.73. The lowest BCUT2D eigenvalue weighted by Crippen LogP contribution is -2.51. The van der Waals surface area contributed by atoms with Crippen LogP contribution < -0.4 is 16.4 Å². The number of esters is 1. The fourth-order valence-electron chi connectivity index (χ4n) is 3.08. The molecule has 1 fully saturated rings. The smallest absolute Gasteiger partial charge is 0.326 e. The third-order valence-electron chi connectivity index (χ3n) is 4.06. The van der Waals surface area contributed by atoms with Gasteiger partial charge < -0.3 is 21.1 Å². The second kappa shape index (κ2) is 7.59. The molecule has 0 aromatic rings. The van der Waals surface area contributed by atoms with Gasteiger partial charge in [0, 0.05) is 0 Å². The zero-order valence-corrected chi connectivity index (χ0v) is 12.7. The second-order valence-electron chi connectivity index (χ2n) is 5.42. The van der Waals surface area contributed by atoms with E-state index in [0.29, 0.717) is 25.4 Å². The van der Waals surface area contributed by atoms with Crippen molar-refractivity contribution in [1.29, 1.82) is 0 Å². The molecule has 0 spiro atoms. The van der Waals surface area contributed by atoms with Gasteiger partial charge in [-0.1, -0.05) is 6.92 Å². The molecule has 3 unspecified atom stereocenters. The van der Waals surface area contributed by atoms with Gasteiger partial charge in [0.15, 0.2) is 0 Å². The minimum Gasteiger partial charge on any atom is -0.465 e. The van der Waals surface area contributed by atoms with Crippen LogP contribution in [0.3, 0.4) is 0 Å². The highest BCUT2D eigenvalue weighted by Gasteiger charge is 2.46. The number of ether oxygens (including phenoxy) is 1. The van der Waals surface area contributed by atoms with Crippen LogP contribution in [0, 0.1) is 5.92 Å². The lowest BCUT2D eigenvalue weighted by atomic mass is 9.92. The van der Waals surface area contributed by atoms with Gasteiger partial charge in [-0.3, -0.25) is 9.59 Å². The zero-order valence-electron chi connectivity index (χ0n) is 12.7. The van der Waals surface area contributed by atoms with Crippen molar-refractivity contribution >= 4 is 11.9 Å². The predicted molar refractivity (Wildman–Crippen MR) is 77.0 cm³/mol. The second-order valence-corrected chi connectivity index (χ2v) is 5.42. The van der Waals surface area contributed by atoms with Crippen molar-refractivity contribution in [2.45, 2.75) is 51.1 Å². The van der Waals surface area contributed by atoms with Crippen molar-refractivity contribution in [1.82, 2.24) is 10.6 Å². The average molecular weight is 285 g/mol. The molecule has 1 aliphatic carbocycles. The standard InChI is InChI=1S/C14H27N3O3/c1-4-17-14(13(19)20-5-2)7-6-10(9-14)8-11(16-3)12(15)18/h10-11,16-17H,4-9H2,1-3H3,(H2,15,18). The maximum atomic E-state index is 12.2. The van der Waals surface area contributed by atoms with Crippen molar-refractivity contribution in [2.75, 3.05) is 20.2 Å². The molecule has 0 bridgehead atoms. The minimum atomic E-state index is -0.592. The van der Waals surface area contributed by atoms with Crippen LogP contribution in [-0.2, 0) is 14.3 Å². The number of amides is 1. The minimum absolute atomic E-state index is 0.176. The largest absolute Gasteiger partial charge is 0.465 e. The molecule has 6 heteroatoms. The van der Waals surface area contributed by atoms with E-state index < -0.39 is 5.54 Å². The highest BCUT2D eigenvalue weighted by Crippen LogP contribution is 2.38. The Labute approximate surface area is 120 Å². The maximum absolute atomic E-state index is 12.2. The summed E-state index contributed by atoms with van der Waals surface area (Å²) in [5.41, 5.74) is 4.76. The van der Waals surface area contributed by atoms with E-state index >= 15 is 0 Å². The van der Waals surface area contributed by atoms with E-state index in [1.807, 2.05) is 13.8 Å². The van der Waals surface area contributed by atoms with Gasteiger partial charge in [0.1, 0.15) is 5.54 Å². The van der Waals surface area contributed by atoms with E-state index in [-0.39, 0.29) is 17.9 Å². The molecule has 1 saturated carbocycles. The normalized spacial score (nSPS) is 27.2. The number of nitrogens with one attached hydrogen (secondary N) is 2. The van der Waals surface area contributed by atoms with E-state index in [9.17, 15) is 9.59 Å². The SMILES string of the molecule is CCNC1(C(=O)OCC)CCC(CC(NC)C(N)=O)C1. The number of primary amides is 1. The topological polar surface area (TPSA) is 93.4 Å². The molecule has 20 heavy (non-hydrogen) atoms. The summed E-state index contributed by atoms with van der Waals surface area (Å²) in [5, 5.41) is 6.21. The molecule has 0 aromatic heterocycles. The van der Waals surface area contributed by atoms with E-state index in [0.717, 1.165) is 19.4 Å². The molecule has 0 saturated heterocycles. The fraction of sp³-hybridized carbons (Fsp3) is 0.857. The van der Waals surface area contributed by atoms with Crippen LogP contribution in [0.25, 0.3) is 0 Å². The van der Waals surface area contributed by atoms with Crippen LogP contribution in [0.15, 0.2) is 0 Å². The Balaban J connectivity index is 2.69. The third kappa shape index (κ3) is 3.93. The number of carbonyl (C=O) groups excluding carboxylic acids is 2. The summed E-state index contributed by atoms with van der Waals surface area (Å²) in [6.07, 6.45) is 3.01. The number of hydrogen-bond acceptors (Lipinski definition) is 5. The van der Waals surface area contributed by atoms with Crippen LogP contribution in [0.2, 0.25) is 0 Å². The Hall–Kier alpha value is -1.14. The monoisotopic (exact) mass is 285 g/mol. The van der Waals surface area contributed by atoms with E-state index in [4.69, 9.17) is 10.5 Å². The summed E-state index contributed by atoms with van der Waals surface area (Å²) < 4.78 is 5.20. The average Bonchev–Trinajstić information content (AvgIpc) is 2.81. The van der Waals surface area contributed by atoms with E-state index in [2.05, 4.69) is 10.6 Å². The zero-order chi connectivity index (χ0) is 15.2. The van der Waals surface area contributed by atoms with Gasteiger partial charge in [-0.25, -0.2) is 0 Å². The molecule has 1 rings (SSSR count). The number of likely N-dealkylation sites (N-methyl/N-ethyl adjacent to an activating group) is 2. The van der Waals surface area contributed by atoms with Gasteiger partial charge in [-0.15, -0.1) is 0 Å². The van der Waals surface area contributed by atoms with E-state index in [1.54, 1.807) is 7.05 Å². The summed E-state index contributed by atoms with van der Waals surface area (Å²) in [5.74, 6) is -0.225. The first-order chi connectivity index (χ1) is 9.49. The molecular weight excluding hydrogens is 258 g/mol. The highest BCUT2D eigenvalue weighted by atomic mass is 16.5.